The van der Waals surface area contributed by atoms with Gasteiger partial charge < -0.3 is 15.5 Å². The highest BCUT2D eigenvalue weighted by molar-refractivity contribution is 5.91. The molecule has 0 spiro atoms. The topological polar surface area (TPSA) is 87.4 Å². The van der Waals surface area contributed by atoms with E-state index in [2.05, 4.69) is 20.2 Å². The number of hydrogen-bond acceptors (Lipinski definition) is 5. The lowest BCUT2D eigenvalue weighted by Crippen LogP contribution is -2.42. The SMILES string of the molecule is CN1Cc2c(ncnc2N2CCC(N)CC2)NC1=O. The first kappa shape index (κ1) is 12.2. The molecule has 3 N–H and O–H groups in total. The zero-order chi connectivity index (χ0) is 13.4. The highest BCUT2D eigenvalue weighted by Gasteiger charge is 2.27. The third kappa shape index (κ3) is 2.21. The second-order valence-corrected chi connectivity index (χ2v) is 5.14. The molecular weight excluding hydrogens is 244 g/mol. The summed E-state index contributed by atoms with van der Waals surface area (Å²) in [4.78, 5) is 24.0. The minimum Gasteiger partial charge on any atom is -0.356 e. The van der Waals surface area contributed by atoms with Gasteiger partial charge in [0.2, 0.25) is 0 Å². The van der Waals surface area contributed by atoms with E-state index in [0.717, 1.165) is 37.3 Å². The quantitative estimate of drug-likeness (QED) is 0.764. The third-order valence-corrected chi connectivity index (χ3v) is 3.73. The predicted octanol–water partition coefficient (Wildman–Crippen LogP) is 0.381. The smallest absolute Gasteiger partial charge is 0.323 e. The number of nitrogens with zero attached hydrogens (tertiary/aromatic N) is 4. The average Bonchev–Trinajstić information content (AvgIpc) is 2.41. The van der Waals surface area contributed by atoms with Gasteiger partial charge in [-0.25, -0.2) is 14.8 Å². The highest BCUT2D eigenvalue weighted by Crippen LogP contribution is 2.29. The molecule has 1 saturated heterocycles. The van der Waals surface area contributed by atoms with Gasteiger partial charge in [0.15, 0.2) is 0 Å². The Morgan fingerprint density at radius 2 is 2.11 bits per heavy atom. The number of nitrogens with one attached hydrogen (secondary N) is 1. The zero-order valence-electron chi connectivity index (χ0n) is 11.0. The van der Waals surface area contributed by atoms with Crippen molar-refractivity contribution in [3.8, 4) is 0 Å². The first-order valence-electron chi connectivity index (χ1n) is 6.51. The number of piperidine rings is 1. The van der Waals surface area contributed by atoms with Crippen LogP contribution in [0.3, 0.4) is 0 Å². The summed E-state index contributed by atoms with van der Waals surface area (Å²) in [6.07, 6.45) is 3.45. The Bertz CT molecular complexity index is 497. The molecule has 1 aromatic rings. The van der Waals surface area contributed by atoms with Crippen LogP contribution in [0.2, 0.25) is 0 Å². The molecule has 0 unspecified atom stereocenters. The largest absolute Gasteiger partial charge is 0.356 e. The summed E-state index contributed by atoms with van der Waals surface area (Å²) in [5.41, 5.74) is 6.91. The van der Waals surface area contributed by atoms with Gasteiger partial charge in [0, 0.05) is 26.2 Å². The number of fused-ring (bicyclic) bond motifs is 1. The van der Waals surface area contributed by atoms with Gasteiger partial charge in [0.05, 0.1) is 12.1 Å². The molecule has 7 nitrogen and oxygen atoms in total. The molecule has 0 saturated carbocycles. The van der Waals surface area contributed by atoms with E-state index in [0.29, 0.717) is 12.4 Å². The van der Waals surface area contributed by atoms with E-state index in [9.17, 15) is 4.79 Å². The van der Waals surface area contributed by atoms with Crippen molar-refractivity contribution in [3.05, 3.63) is 11.9 Å². The summed E-state index contributed by atoms with van der Waals surface area (Å²) in [6.45, 7) is 2.35. The Labute approximate surface area is 111 Å². The van der Waals surface area contributed by atoms with E-state index in [1.54, 1.807) is 11.9 Å². The molecule has 3 heterocycles. The minimum absolute atomic E-state index is 0.127. The molecule has 19 heavy (non-hydrogen) atoms. The van der Waals surface area contributed by atoms with Crippen molar-refractivity contribution in [2.45, 2.75) is 25.4 Å². The fourth-order valence-electron chi connectivity index (χ4n) is 2.55. The van der Waals surface area contributed by atoms with Gasteiger partial charge in [-0.15, -0.1) is 0 Å². The van der Waals surface area contributed by atoms with Gasteiger partial charge in [0.25, 0.3) is 0 Å². The van der Waals surface area contributed by atoms with E-state index >= 15 is 0 Å². The first-order valence-corrected chi connectivity index (χ1v) is 6.51. The van der Waals surface area contributed by atoms with Crippen LogP contribution in [0.4, 0.5) is 16.4 Å². The van der Waals surface area contributed by atoms with Crippen LogP contribution >= 0.6 is 0 Å². The summed E-state index contributed by atoms with van der Waals surface area (Å²) >= 11 is 0. The Morgan fingerprint density at radius 3 is 2.84 bits per heavy atom. The lowest BCUT2D eigenvalue weighted by Gasteiger charge is -2.34. The maximum absolute atomic E-state index is 11.6. The number of amides is 2. The van der Waals surface area contributed by atoms with Crippen molar-refractivity contribution in [3.63, 3.8) is 0 Å². The Morgan fingerprint density at radius 1 is 1.37 bits per heavy atom. The van der Waals surface area contributed by atoms with Crippen LogP contribution in [0.1, 0.15) is 18.4 Å². The van der Waals surface area contributed by atoms with Gasteiger partial charge in [-0.1, -0.05) is 0 Å². The van der Waals surface area contributed by atoms with E-state index in [-0.39, 0.29) is 12.1 Å². The molecule has 2 amide bonds. The molecule has 2 aliphatic heterocycles. The van der Waals surface area contributed by atoms with Crippen molar-refractivity contribution in [2.24, 2.45) is 5.73 Å². The second-order valence-electron chi connectivity index (χ2n) is 5.14. The van der Waals surface area contributed by atoms with Gasteiger partial charge in [0.1, 0.15) is 18.0 Å². The number of rotatable bonds is 1. The molecule has 102 valence electrons. The molecule has 2 aliphatic rings. The Hall–Kier alpha value is -1.89. The molecule has 0 aromatic carbocycles. The summed E-state index contributed by atoms with van der Waals surface area (Å²) in [5, 5.41) is 2.78. The molecule has 0 radical (unpaired) electrons. The van der Waals surface area contributed by atoms with Crippen molar-refractivity contribution in [1.82, 2.24) is 14.9 Å². The lowest BCUT2D eigenvalue weighted by atomic mass is 10.1. The first-order chi connectivity index (χ1) is 9.15. The number of anilines is 2. The molecule has 1 fully saturated rings. The molecule has 3 rings (SSSR count). The molecule has 1 aromatic heterocycles. The monoisotopic (exact) mass is 262 g/mol. The van der Waals surface area contributed by atoms with Gasteiger partial charge in [-0.05, 0) is 12.8 Å². The van der Waals surface area contributed by atoms with Crippen molar-refractivity contribution < 1.29 is 4.79 Å². The van der Waals surface area contributed by atoms with Crippen LogP contribution < -0.4 is 16.0 Å². The average molecular weight is 262 g/mol. The molecule has 7 heteroatoms. The second kappa shape index (κ2) is 4.65. The van der Waals surface area contributed by atoms with Crippen LogP contribution in [0.15, 0.2) is 6.33 Å². The van der Waals surface area contributed by atoms with Crippen LogP contribution in [-0.4, -0.2) is 47.1 Å². The summed E-state index contributed by atoms with van der Waals surface area (Å²) in [7, 11) is 1.77. The lowest BCUT2D eigenvalue weighted by molar-refractivity contribution is 0.218. The van der Waals surface area contributed by atoms with E-state index in [4.69, 9.17) is 5.73 Å². The molecular formula is C12H18N6O. The van der Waals surface area contributed by atoms with Crippen molar-refractivity contribution >= 4 is 17.7 Å². The van der Waals surface area contributed by atoms with Gasteiger partial charge in [-0.2, -0.15) is 0 Å². The standard InChI is InChI=1S/C12H18N6O/c1-17-6-9-10(16-12(17)19)14-7-15-11(9)18-4-2-8(13)3-5-18/h7-8H,2-6,13H2,1H3,(H,14,15,16,19). The summed E-state index contributed by atoms with van der Waals surface area (Å²) < 4.78 is 0. The fraction of sp³-hybridized carbons (Fsp3) is 0.583. The van der Waals surface area contributed by atoms with Crippen LogP contribution in [0.5, 0.6) is 0 Å². The van der Waals surface area contributed by atoms with E-state index in [1.807, 2.05) is 0 Å². The number of nitrogens with two attached hydrogens (primary N) is 1. The molecule has 0 bridgehead atoms. The normalized spacial score (nSPS) is 20.2. The van der Waals surface area contributed by atoms with E-state index in [1.165, 1.54) is 6.33 Å². The Kier molecular flexibility index (Phi) is 2.98. The summed E-state index contributed by atoms with van der Waals surface area (Å²) in [6, 6.07) is 0.161. The van der Waals surface area contributed by atoms with E-state index < -0.39 is 0 Å². The van der Waals surface area contributed by atoms with Crippen LogP contribution in [0.25, 0.3) is 0 Å². The predicted molar refractivity (Wildman–Crippen MR) is 71.9 cm³/mol. The van der Waals surface area contributed by atoms with Crippen molar-refractivity contribution in [2.75, 3.05) is 30.4 Å². The number of hydrogen-bond donors (Lipinski definition) is 2. The Balaban J connectivity index is 1.91. The minimum atomic E-state index is -0.127. The van der Waals surface area contributed by atoms with Crippen LogP contribution in [0, 0.1) is 0 Å². The zero-order valence-corrected chi connectivity index (χ0v) is 11.0. The number of carbonyl (C=O) groups is 1. The molecule has 0 aliphatic carbocycles. The maximum Gasteiger partial charge on any atom is 0.323 e. The maximum atomic E-state index is 11.6. The number of aromatic nitrogens is 2. The van der Waals surface area contributed by atoms with Gasteiger partial charge in [-0.3, -0.25) is 5.32 Å². The summed E-state index contributed by atoms with van der Waals surface area (Å²) in [5.74, 6) is 1.55. The van der Waals surface area contributed by atoms with Crippen LogP contribution in [-0.2, 0) is 6.54 Å². The van der Waals surface area contributed by atoms with Gasteiger partial charge >= 0.3 is 6.03 Å². The highest BCUT2D eigenvalue weighted by atomic mass is 16.2. The third-order valence-electron chi connectivity index (χ3n) is 3.73. The number of urea groups is 1. The van der Waals surface area contributed by atoms with Crippen molar-refractivity contribution in [1.29, 1.82) is 0 Å². The number of carbonyl (C=O) groups excluding carboxylic acids is 1. The molecule has 0 atom stereocenters. The fourth-order valence-corrected chi connectivity index (χ4v) is 2.55.